The van der Waals surface area contributed by atoms with Crippen LogP contribution in [0.15, 0.2) is 35.3 Å². The van der Waals surface area contributed by atoms with Gasteiger partial charge in [0.2, 0.25) is 5.91 Å². The van der Waals surface area contributed by atoms with Crippen molar-refractivity contribution in [3.8, 4) is 0 Å². The highest BCUT2D eigenvalue weighted by atomic mass is 32.1. The van der Waals surface area contributed by atoms with Gasteiger partial charge in [0.1, 0.15) is 0 Å². The first-order valence-electron chi connectivity index (χ1n) is 7.02. The third-order valence-electron chi connectivity index (χ3n) is 3.69. The first-order chi connectivity index (χ1) is 10.3. The van der Waals surface area contributed by atoms with Crippen LogP contribution in [0.5, 0.6) is 0 Å². The van der Waals surface area contributed by atoms with E-state index in [4.69, 9.17) is 0 Å². The number of rotatable bonds is 5. The summed E-state index contributed by atoms with van der Waals surface area (Å²) < 4.78 is 1.98. The minimum atomic E-state index is 0.191. The second-order valence-corrected chi connectivity index (χ2v) is 7.24. The van der Waals surface area contributed by atoms with Gasteiger partial charge in [-0.2, -0.15) is 0 Å². The summed E-state index contributed by atoms with van der Waals surface area (Å²) in [4.78, 5) is 21.3. The summed E-state index contributed by atoms with van der Waals surface area (Å²) in [6.07, 6.45) is 6.60. The molecule has 3 aromatic rings. The van der Waals surface area contributed by atoms with Crippen LogP contribution in [-0.2, 0) is 17.8 Å². The number of fused-ring (bicyclic) bond motifs is 1. The minimum absolute atomic E-state index is 0.191. The SMILES string of the molecule is O=C(Cc1cn2ccsc2n1)N(Cc1cccs1)C1CC1. The van der Waals surface area contributed by atoms with E-state index in [1.165, 1.54) is 4.88 Å². The standard InChI is InChI=1S/C15H15N3OS2/c19-14(8-11-9-17-5-7-21-15(17)16-11)18(12-3-4-12)10-13-2-1-6-20-13/h1-2,5-7,9,12H,3-4,8,10H2. The Hall–Kier alpha value is -1.66. The predicted molar refractivity (Wildman–Crippen MR) is 84.7 cm³/mol. The molecule has 0 radical (unpaired) electrons. The Bertz CT molecular complexity index is 726. The van der Waals surface area contributed by atoms with Gasteiger partial charge in [0.25, 0.3) is 0 Å². The summed E-state index contributed by atoms with van der Waals surface area (Å²) >= 11 is 3.31. The molecule has 0 spiro atoms. The topological polar surface area (TPSA) is 37.6 Å². The largest absolute Gasteiger partial charge is 0.334 e. The van der Waals surface area contributed by atoms with E-state index in [0.29, 0.717) is 12.5 Å². The van der Waals surface area contributed by atoms with Crippen molar-refractivity contribution in [3.63, 3.8) is 0 Å². The molecule has 0 bridgehead atoms. The predicted octanol–water partition coefficient (Wildman–Crippen LogP) is 3.19. The van der Waals surface area contributed by atoms with Crippen LogP contribution in [0.25, 0.3) is 4.96 Å². The number of carbonyl (C=O) groups excluding carboxylic acids is 1. The van der Waals surface area contributed by atoms with Gasteiger partial charge < -0.3 is 4.90 Å². The molecular formula is C15H15N3OS2. The lowest BCUT2D eigenvalue weighted by atomic mass is 10.2. The number of hydrogen-bond donors (Lipinski definition) is 0. The van der Waals surface area contributed by atoms with Crippen LogP contribution >= 0.6 is 22.7 Å². The molecule has 0 unspecified atom stereocenters. The number of aromatic nitrogens is 2. The Labute approximate surface area is 130 Å². The average Bonchev–Trinajstić information content (AvgIpc) is 2.87. The number of hydrogen-bond acceptors (Lipinski definition) is 4. The first kappa shape index (κ1) is 13.0. The van der Waals surface area contributed by atoms with Crippen LogP contribution in [0.4, 0.5) is 0 Å². The fourth-order valence-electron chi connectivity index (χ4n) is 2.50. The van der Waals surface area contributed by atoms with E-state index in [1.54, 1.807) is 22.7 Å². The molecule has 108 valence electrons. The molecule has 3 heterocycles. The fourth-order valence-corrected chi connectivity index (χ4v) is 3.92. The van der Waals surface area contributed by atoms with Gasteiger partial charge in [-0.15, -0.1) is 22.7 Å². The van der Waals surface area contributed by atoms with Crippen molar-refractivity contribution in [1.29, 1.82) is 0 Å². The second-order valence-electron chi connectivity index (χ2n) is 5.33. The van der Waals surface area contributed by atoms with Crippen LogP contribution in [0.2, 0.25) is 0 Å². The van der Waals surface area contributed by atoms with Crippen LogP contribution < -0.4 is 0 Å². The Morgan fingerprint density at radius 1 is 1.38 bits per heavy atom. The Balaban J connectivity index is 1.49. The average molecular weight is 317 g/mol. The second kappa shape index (κ2) is 5.27. The van der Waals surface area contributed by atoms with Crippen molar-refractivity contribution in [2.24, 2.45) is 0 Å². The van der Waals surface area contributed by atoms with E-state index in [2.05, 4.69) is 16.4 Å². The molecule has 1 amide bonds. The van der Waals surface area contributed by atoms with Crippen molar-refractivity contribution in [3.05, 3.63) is 45.9 Å². The lowest BCUT2D eigenvalue weighted by molar-refractivity contribution is -0.131. The van der Waals surface area contributed by atoms with Crippen LogP contribution in [0, 0.1) is 0 Å². The molecule has 1 aliphatic rings. The van der Waals surface area contributed by atoms with E-state index < -0.39 is 0 Å². The number of imidazole rings is 1. The number of thiazole rings is 1. The lowest BCUT2D eigenvalue weighted by Crippen LogP contribution is -2.33. The highest BCUT2D eigenvalue weighted by Gasteiger charge is 2.32. The molecule has 4 nitrogen and oxygen atoms in total. The lowest BCUT2D eigenvalue weighted by Gasteiger charge is -2.21. The molecule has 1 fully saturated rings. The Morgan fingerprint density at radius 2 is 2.29 bits per heavy atom. The van der Waals surface area contributed by atoms with E-state index in [0.717, 1.165) is 30.0 Å². The molecule has 6 heteroatoms. The molecule has 0 atom stereocenters. The van der Waals surface area contributed by atoms with Gasteiger partial charge in [0.15, 0.2) is 4.96 Å². The molecule has 3 aromatic heterocycles. The smallest absolute Gasteiger partial charge is 0.229 e. The van der Waals surface area contributed by atoms with Gasteiger partial charge in [-0.3, -0.25) is 9.20 Å². The molecule has 21 heavy (non-hydrogen) atoms. The quantitative estimate of drug-likeness (QED) is 0.725. The molecule has 4 rings (SSSR count). The Kier molecular flexibility index (Phi) is 3.27. The summed E-state index contributed by atoms with van der Waals surface area (Å²) in [6.45, 7) is 0.739. The highest BCUT2D eigenvalue weighted by molar-refractivity contribution is 7.15. The summed E-state index contributed by atoms with van der Waals surface area (Å²) in [5.41, 5.74) is 0.865. The summed E-state index contributed by atoms with van der Waals surface area (Å²) in [6, 6.07) is 4.57. The van der Waals surface area contributed by atoms with Crippen molar-refractivity contribution in [2.45, 2.75) is 31.8 Å². The molecule has 0 N–H and O–H groups in total. The van der Waals surface area contributed by atoms with E-state index in [9.17, 15) is 4.79 Å². The molecule has 0 saturated heterocycles. The molecule has 0 aliphatic heterocycles. The van der Waals surface area contributed by atoms with E-state index in [-0.39, 0.29) is 5.91 Å². The summed E-state index contributed by atoms with van der Waals surface area (Å²) in [7, 11) is 0. The molecule has 1 saturated carbocycles. The van der Waals surface area contributed by atoms with Gasteiger partial charge in [0.05, 0.1) is 18.7 Å². The number of carbonyl (C=O) groups is 1. The maximum absolute atomic E-state index is 12.6. The van der Waals surface area contributed by atoms with Crippen molar-refractivity contribution >= 4 is 33.5 Å². The maximum atomic E-state index is 12.6. The zero-order valence-electron chi connectivity index (χ0n) is 11.4. The number of amides is 1. The normalized spacial score (nSPS) is 14.7. The summed E-state index contributed by atoms with van der Waals surface area (Å²) in [5, 5.41) is 4.07. The van der Waals surface area contributed by atoms with E-state index >= 15 is 0 Å². The van der Waals surface area contributed by atoms with Crippen LogP contribution in [-0.4, -0.2) is 26.2 Å². The van der Waals surface area contributed by atoms with Crippen molar-refractivity contribution in [1.82, 2.24) is 14.3 Å². The Morgan fingerprint density at radius 3 is 3.00 bits per heavy atom. The monoisotopic (exact) mass is 317 g/mol. The van der Waals surface area contributed by atoms with Crippen LogP contribution in [0.3, 0.4) is 0 Å². The molecular weight excluding hydrogens is 302 g/mol. The third-order valence-corrected chi connectivity index (χ3v) is 5.32. The maximum Gasteiger partial charge on any atom is 0.229 e. The minimum Gasteiger partial charge on any atom is -0.334 e. The van der Waals surface area contributed by atoms with Crippen molar-refractivity contribution < 1.29 is 4.79 Å². The first-order valence-corrected chi connectivity index (χ1v) is 8.78. The van der Waals surface area contributed by atoms with E-state index in [1.807, 2.05) is 33.1 Å². The van der Waals surface area contributed by atoms with Crippen molar-refractivity contribution in [2.75, 3.05) is 0 Å². The number of nitrogens with zero attached hydrogens (tertiary/aromatic N) is 3. The zero-order valence-corrected chi connectivity index (χ0v) is 13.1. The molecule has 0 aromatic carbocycles. The van der Waals surface area contributed by atoms with Gasteiger partial charge >= 0.3 is 0 Å². The molecule has 1 aliphatic carbocycles. The fraction of sp³-hybridized carbons (Fsp3) is 0.333. The van der Waals surface area contributed by atoms with Gasteiger partial charge in [-0.25, -0.2) is 4.98 Å². The number of thiophene rings is 1. The van der Waals surface area contributed by atoms with Gasteiger partial charge in [-0.05, 0) is 24.3 Å². The third kappa shape index (κ3) is 2.73. The zero-order chi connectivity index (χ0) is 14.2. The van der Waals surface area contributed by atoms with Crippen LogP contribution in [0.1, 0.15) is 23.4 Å². The van der Waals surface area contributed by atoms with Gasteiger partial charge in [0, 0.05) is 28.7 Å². The highest BCUT2D eigenvalue weighted by Crippen LogP contribution is 2.29. The summed E-state index contributed by atoms with van der Waals surface area (Å²) in [5.74, 6) is 0.191. The van der Waals surface area contributed by atoms with Gasteiger partial charge in [-0.1, -0.05) is 6.07 Å².